The Labute approximate surface area is 103 Å². The van der Waals surface area contributed by atoms with Crippen molar-refractivity contribution in [3.63, 3.8) is 0 Å². The molecule has 2 aromatic heterocycles. The smallest absolute Gasteiger partial charge is 0.148 e. The average Bonchev–Trinajstić information content (AvgIpc) is 2.15. The lowest BCUT2D eigenvalue weighted by Gasteiger charge is -2.02. The van der Waals surface area contributed by atoms with Crippen molar-refractivity contribution in [3.05, 3.63) is 40.9 Å². The molecule has 0 bridgehead atoms. The molecule has 0 saturated carbocycles. The van der Waals surface area contributed by atoms with Gasteiger partial charge in [-0.25, -0.2) is 9.97 Å². The lowest BCUT2D eigenvalue weighted by molar-refractivity contribution is 1.02. The Bertz CT molecular complexity index is 496. The van der Waals surface area contributed by atoms with Crippen molar-refractivity contribution >= 4 is 23.4 Å². The van der Waals surface area contributed by atoms with Crippen LogP contribution in [0.15, 0.2) is 34.6 Å². The highest BCUT2D eigenvalue weighted by Gasteiger charge is 2.03. The standard InChI is InChI=1S/C11H10ClN3S/c1-7-3-8(2)14-10(4-7)16-11-6-13-5-9(12)15-11/h3-6H,1-2H3. The van der Waals surface area contributed by atoms with Crippen molar-refractivity contribution < 1.29 is 0 Å². The zero-order valence-corrected chi connectivity index (χ0v) is 10.5. The molecule has 5 heteroatoms. The van der Waals surface area contributed by atoms with E-state index < -0.39 is 0 Å². The third kappa shape index (κ3) is 2.93. The van der Waals surface area contributed by atoms with E-state index in [1.807, 2.05) is 26.0 Å². The Morgan fingerprint density at radius 1 is 1.06 bits per heavy atom. The quantitative estimate of drug-likeness (QED) is 0.821. The van der Waals surface area contributed by atoms with Crippen molar-refractivity contribution in [2.24, 2.45) is 0 Å². The Balaban J connectivity index is 2.27. The van der Waals surface area contributed by atoms with Gasteiger partial charge in [0.2, 0.25) is 0 Å². The molecule has 0 aliphatic carbocycles. The normalized spacial score (nSPS) is 10.4. The number of aryl methyl sites for hydroxylation is 2. The largest absolute Gasteiger partial charge is 0.259 e. The molecule has 0 aromatic carbocycles. The topological polar surface area (TPSA) is 38.7 Å². The molecule has 0 unspecified atom stereocenters. The molecule has 0 amide bonds. The van der Waals surface area contributed by atoms with Crippen LogP contribution in [-0.2, 0) is 0 Å². The Kier molecular flexibility index (Phi) is 3.41. The van der Waals surface area contributed by atoms with E-state index in [1.54, 1.807) is 6.20 Å². The first kappa shape index (κ1) is 11.4. The minimum Gasteiger partial charge on any atom is -0.259 e. The van der Waals surface area contributed by atoms with Gasteiger partial charge in [-0.05, 0) is 43.3 Å². The van der Waals surface area contributed by atoms with Gasteiger partial charge in [0, 0.05) is 5.69 Å². The number of nitrogens with zero attached hydrogens (tertiary/aromatic N) is 3. The summed E-state index contributed by atoms with van der Waals surface area (Å²) in [5.41, 5.74) is 2.18. The van der Waals surface area contributed by atoms with E-state index in [1.165, 1.54) is 23.5 Å². The van der Waals surface area contributed by atoms with Gasteiger partial charge in [0.05, 0.1) is 12.4 Å². The molecule has 0 spiro atoms. The van der Waals surface area contributed by atoms with Crippen LogP contribution in [0.4, 0.5) is 0 Å². The first-order valence-corrected chi connectivity index (χ1v) is 5.93. The van der Waals surface area contributed by atoms with Crippen LogP contribution in [0.1, 0.15) is 11.3 Å². The number of halogens is 1. The van der Waals surface area contributed by atoms with Gasteiger partial charge in [0.15, 0.2) is 0 Å². The second-order valence-electron chi connectivity index (χ2n) is 3.41. The van der Waals surface area contributed by atoms with Gasteiger partial charge in [-0.2, -0.15) is 0 Å². The van der Waals surface area contributed by atoms with E-state index in [9.17, 15) is 0 Å². The Morgan fingerprint density at radius 2 is 1.88 bits per heavy atom. The Hall–Kier alpha value is -1.13. The van der Waals surface area contributed by atoms with Crippen LogP contribution in [0.2, 0.25) is 5.15 Å². The molecule has 0 radical (unpaired) electrons. The molecule has 3 nitrogen and oxygen atoms in total. The molecule has 0 saturated heterocycles. The van der Waals surface area contributed by atoms with E-state index in [0.717, 1.165) is 15.7 Å². The number of aromatic nitrogens is 3. The van der Waals surface area contributed by atoms with Gasteiger partial charge in [0.25, 0.3) is 0 Å². The first-order chi connectivity index (χ1) is 7.63. The van der Waals surface area contributed by atoms with Crippen LogP contribution in [0.25, 0.3) is 0 Å². The molecular weight excluding hydrogens is 242 g/mol. The van der Waals surface area contributed by atoms with E-state index in [4.69, 9.17) is 11.6 Å². The van der Waals surface area contributed by atoms with Gasteiger partial charge in [-0.3, -0.25) is 4.98 Å². The predicted octanol–water partition coefficient (Wildman–Crippen LogP) is 3.29. The zero-order valence-electron chi connectivity index (χ0n) is 8.94. The van der Waals surface area contributed by atoms with Crippen molar-refractivity contribution in [1.82, 2.24) is 15.0 Å². The van der Waals surface area contributed by atoms with Gasteiger partial charge < -0.3 is 0 Å². The van der Waals surface area contributed by atoms with Crippen LogP contribution in [-0.4, -0.2) is 15.0 Å². The van der Waals surface area contributed by atoms with Crippen LogP contribution >= 0.6 is 23.4 Å². The summed E-state index contributed by atoms with van der Waals surface area (Å²) in [7, 11) is 0. The third-order valence-electron chi connectivity index (χ3n) is 1.87. The van der Waals surface area contributed by atoms with Crippen LogP contribution in [0.3, 0.4) is 0 Å². The van der Waals surface area contributed by atoms with Crippen LogP contribution in [0.5, 0.6) is 0 Å². The van der Waals surface area contributed by atoms with Crippen LogP contribution in [0, 0.1) is 13.8 Å². The summed E-state index contributed by atoms with van der Waals surface area (Å²) in [4.78, 5) is 12.5. The lowest BCUT2D eigenvalue weighted by atomic mass is 10.3. The SMILES string of the molecule is Cc1cc(C)nc(Sc2cncc(Cl)n2)c1. The molecule has 2 aromatic rings. The summed E-state index contributed by atoms with van der Waals surface area (Å²) in [5, 5.41) is 2.06. The summed E-state index contributed by atoms with van der Waals surface area (Å²) in [6.07, 6.45) is 3.19. The molecule has 16 heavy (non-hydrogen) atoms. The fourth-order valence-electron chi connectivity index (χ4n) is 1.34. The zero-order chi connectivity index (χ0) is 11.5. The fraction of sp³-hybridized carbons (Fsp3) is 0.182. The fourth-order valence-corrected chi connectivity index (χ4v) is 2.44. The van der Waals surface area contributed by atoms with Gasteiger partial charge in [-0.15, -0.1) is 0 Å². The van der Waals surface area contributed by atoms with E-state index in [0.29, 0.717) is 5.15 Å². The molecule has 2 heterocycles. The highest BCUT2D eigenvalue weighted by molar-refractivity contribution is 7.99. The van der Waals surface area contributed by atoms with Crippen molar-refractivity contribution in [2.45, 2.75) is 23.9 Å². The number of hydrogen-bond acceptors (Lipinski definition) is 4. The molecular formula is C11H10ClN3S. The van der Waals surface area contributed by atoms with Gasteiger partial charge >= 0.3 is 0 Å². The summed E-state index contributed by atoms with van der Waals surface area (Å²) in [5.74, 6) is 0. The molecule has 0 fully saturated rings. The maximum atomic E-state index is 5.77. The molecule has 0 N–H and O–H groups in total. The average molecular weight is 252 g/mol. The summed E-state index contributed by atoms with van der Waals surface area (Å²) < 4.78 is 0. The summed E-state index contributed by atoms with van der Waals surface area (Å²) >= 11 is 7.23. The molecule has 0 aliphatic rings. The van der Waals surface area contributed by atoms with Crippen LogP contribution < -0.4 is 0 Å². The molecule has 2 rings (SSSR count). The maximum absolute atomic E-state index is 5.77. The van der Waals surface area contributed by atoms with E-state index >= 15 is 0 Å². The minimum absolute atomic E-state index is 0.398. The maximum Gasteiger partial charge on any atom is 0.148 e. The summed E-state index contributed by atoms with van der Waals surface area (Å²) in [6, 6.07) is 4.05. The lowest BCUT2D eigenvalue weighted by Crippen LogP contribution is -1.88. The Morgan fingerprint density at radius 3 is 2.56 bits per heavy atom. The molecule has 0 atom stereocenters. The highest BCUT2D eigenvalue weighted by Crippen LogP contribution is 2.25. The monoisotopic (exact) mass is 251 g/mol. The number of hydrogen-bond donors (Lipinski definition) is 0. The molecule has 0 aliphatic heterocycles. The predicted molar refractivity (Wildman–Crippen MR) is 64.9 cm³/mol. The first-order valence-electron chi connectivity index (χ1n) is 4.74. The van der Waals surface area contributed by atoms with E-state index in [2.05, 4.69) is 15.0 Å². The second-order valence-corrected chi connectivity index (χ2v) is 4.83. The third-order valence-corrected chi connectivity index (χ3v) is 2.87. The highest BCUT2D eigenvalue weighted by atomic mass is 35.5. The van der Waals surface area contributed by atoms with E-state index in [-0.39, 0.29) is 0 Å². The summed E-state index contributed by atoms with van der Waals surface area (Å²) in [6.45, 7) is 4.02. The van der Waals surface area contributed by atoms with Crippen molar-refractivity contribution in [1.29, 1.82) is 0 Å². The minimum atomic E-state index is 0.398. The number of rotatable bonds is 2. The van der Waals surface area contributed by atoms with Gasteiger partial charge in [0.1, 0.15) is 15.2 Å². The molecule has 82 valence electrons. The van der Waals surface area contributed by atoms with Crippen molar-refractivity contribution in [3.8, 4) is 0 Å². The van der Waals surface area contributed by atoms with Gasteiger partial charge in [-0.1, -0.05) is 11.6 Å². The van der Waals surface area contributed by atoms with Crippen molar-refractivity contribution in [2.75, 3.05) is 0 Å². The second kappa shape index (κ2) is 4.80. The number of pyridine rings is 1.